The monoisotopic (exact) mass is 215 g/mol. The molecular weight excluding hydrogens is 200 g/mol. The maximum atomic E-state index is 11.1. The molecule has 0 unspecified atom stereocenters. The summed E-state index contributed by atoms with van der Waals surface area (Å²) in [5.74, 6) is 0. The number of methoxy groups -OCH3 is 1. The minimum Gasteiger partial charge on any atom is -0.456 e. The molecule has 0 aromatic heterocycles. The molecule has 0 aliphatic carbocycles. The van der Waals surface area contributed by atoms with Crippen LogP contribution in [-0.4, -0.2) is 68.8 Å². The van der Waals surface area contributed by atoms with Gasteiger partial charge < -0.3 is 14.4 Å². The Labute approximate surface area is 88.7 Å². The summed E-state index contributed by atoms with van der Waals surface area (Å²) in [4.78, 5) is 24.7. The molecule has 1 aliphatic rings. The Bertz CT molecular complexity index is 214. The molecule has 6 nitrogen and oxygen atoms in total. The van der Waals surface area contributed by atoms with E-state index in [1.54, 1.807) is 4.90 Å². The third-order valence-electron chi connectivity index (χ3n) is 2.37. The van der Waals surface area contributed by atoms with E-state index in [0.29, 0.717) is 26.2 Å². The molecule has 1 heterocycles. The molecule has 6 heteroatoms. The predicted octanol–water partition coefficient (Wildman–Crippen LogP) is -0.546. The molecule has 0 N–H and O–H groups in total. The lowest BCUT2D eigenvalue weighted by molar-refractivity contribution is 0.0850. The van der Waals surface area contributed by atoms with Gasteiger partial charge in [0.15, 0.2) is 0 Å². The second kappa shape index (κ2) is 6.23. The molecule has 1 aliphatic heterocycles. The maximum absolute atomic E-state index is 11.1. The first-order valence-electron chi connectivity index (χ1n) is 4.82. The van der Waals surface area contributed by atoms with Gasteiger partial charge in [0, 0.05) is 32.7 Å². The normalized spacial score (nSPS) is 17.3. The second-order valence-corrected chi connectivity index (χ2v) is 3.23. The highest BCUT2D eigenvalue weighted by Crippen LogP contribution is 2.02. The molecular formula is C9H15N2O4. The van der Waals surface area contributed by atoms with Crippen molar-refractivity contribution in [1.29, 1.82) is 0 Å². The highest BCUT2D eigenvalue weighted by molar-refractivity contribution is 5.67. The van der Waals surface area contributed by atoms with Gasteiger partial charge in [0.25, 0.3) is 0 Å². The van der Waals surface area contributed by atoms with E-state index in [1.807, 2.05) is 0 Å². The number of hydrogen-bond donors (Lipinski definition) is 0. The van der Waals surface area contributed by atoms with Gasteiger partial charge in [-0.2, -0.15) is 0 Å². The molecule has 0 spiro atoms. The third-order valence-corrected chi connectivity index (χ3v) is 2.37. The van der Waals surface area contributed by atoms with Crippen LogP contribution in [-0.2, 0) is 14.3 Å². The molecule has 1 fully saturated rings. The van der Waals surface area contributed by atoms with Crippen LogP contribution < -0.4 is 0 Å². The third kappa shape index (κ3) is 3.75. The summed E-state index contributed by atoms with van der Waals surface area (Å²) < 4.78 is 9.10. The van der Waals surface area contributed by atoms with Crippen molar-refractivity contribution in [2.24, 2.45) is 0 Å². The van der Waals surface area contributed by atoms with E-state index in [1.165, 1.54) is 13.6 Å². The minimum atomic E-state index is -0.285. The van der Waals surface area contributed by atoms with Gasteiger partial charge in [-0.3, -0.25) is 4.90 Å². The summed E-state index contributed by atoms with van der Waals surface area (Å²) in [6.07, 6.45) is -0.285. The van der Waals surface area contributed by atoms with Gasteiger partial charge in [-0.1, -0.05) is 0 Å². The van der Waals surface area contributed by atoms with Gasteiger partial charge in [-0.25, -0.2) is 9.59 Å². The zero-order valence-corrected chi connectivity index (χ0v) is 8.77. The quantitative estimate of drug-likeness (QED) is 0.589. The van der Waals surface area contributed by atoms with Crippen LogP contribution in [0.15, 0.2) is 0 Å². The fraction of sp³-hybridized carbons (Fsp3) is 0.778. The van der Waals surface area contributed by atoms with E-state index in [2.05, 4.69) is 14.4 Å². The summed E-state index contributed by atoms with van der Waals surface area (Å²) >= 11 is 0. The van der Waals surface area contributed by atoms with Crippen molar-refractivity contribution in [2.75, 3.05) is 46.4 Å². The molecule has 1 saturated heterocycles. The number of nitrogens with zero attached hydrogens (tertiary/aromatic N) is 2. The molecule has 15 heavy (non-hydrogen) atoms. The van der Waals surface area contributed by atoms with E-state index in [0.717, 1.165) is 13.1 Å². The summed E-state index contributed by atoms with van der Waals surface area (Å²) in [7, 11) is 1.38. The van der Waals surface area contributed by atoms with Crippen LogP contribution in [0, 0.1) is 0 Å². The Kier molecular flexibility index (Phi) is 4.89. The van der Waals surface area contributed by atoms with Crippen molar-refractivity contribution >= 4 is 12.6 Å². The van der Waals surface area contributed by atoms with Crippen LogP contribution in [0.2, 0.25) is 0 Å². The van der Waals surface area contributed by atoms with Gasteiger partial charge in [-0.15, -0.1) is 0 Å². The molecule has 0 saturated carbocycles. The van der Waals surface area contributed by atoms with Gasteiger partial charge in [0.2, 0.25) is 0 Å². The maximum Gasteiger partial charge on any atom is 0.417 e. The van der Waals surface area contributed by atoms with E-state index in [-0.39, 0.29) is 6.09 Å². The summed E-state index contributed by atoms with van der Waals surface area (Å²) in [5.41, 5.74) is 0. The predicted molar refractivity (Wildman–Crippen MR) is 52.1 cm³/mol. The van der Waals surface area contributed by atoms with Gasteiger partial charge >= 0.3 is 12.6 Å². The van der Waals surface area contributed by atoms with E-state index in [4.69, 9.17) is 0 Å². The lowest BCUT2D eigenvalue weighted by Gasteiger charge is -2.33. The number of carbonyl (C=O) groups is 1. The standard InChI is InChI=1S/C9H15N2O4/c1-14-9(13)11-4-2-10(3-5-11)6-7-15-8-12/h2-7H2,1H3. The van der Waals surface area contributed by atoms with E-state index in [9.17, 15) is 9.59 Å². The zero-order valence-electron chi connectivity index (χ0n) is 8.77. The van der Waals surface area contributed by atoms with Crippen LogP contribution in [0.5, 0.6) is 0 Å². The van der Waals surface area contributed by atoms with Crippen molar-refractivity contribution in [1.82, 2.24) is 9.80 Å². The highest BCUT2D eigenvalue weighted by atomic mass is 16.5. The molecule has 0 bridgehead atoms. The largest absolute Gasteiger partial charge is 0.456 e. The smallest absolute Gasteiger partial charge is 0.417 e. The van der Waals surface area contributed by atoms with Gasteiger partial charge in [-0.05, 0) is 0 Å². The van der Waals surface area contributed by atoms with Gasteiger partial charge in [0.1, 0.15) is 6.61 Å². The number of hydrogen-bond acceptors (Lipinski definition) is 5. The number of ether oxygens (including phenoxy) is 2. The van der Waals surface area contributed by atoms with Crippen molar-refractivity contribution < 1.29 is 19.1 Å². The average molecular weight is 215 g/mol. The van der Waals surface area contributed by atoms with Gasteiger partial charge in [0.05, 0.1) is 7.11 Å². The number of piperazine rings is 1. The topological polar surface area (TPSA) is 59.1 Å². The number of amides is 1. The Hall–Kier alpha value is -1.30. The molecule has 85 valence electrons. The average Bonchev–Trinajstić information content (AvgIpc) is 2.29. The Morgan fingerprint density at radius 2 is 2.00 bits per heavy atom. The van der Waals surface area contributed by atoms with Crippen molar-refractivity contribution in [3.63, 3.8) is 0 Å². The second-order valence-electron chi connectivity index (χ2n) is 3.23. The zero-order chi connectivity index (χ0) is 11.1. The highest BCUT2D eigenvalue weighted by Gasteiger charge is 2.20. The first-order chi connectivity index (χ1) is 7.27. The van der Waals surface area contributed by atoms with Crippen LogP contribution in [0.25, 0.3) is 0 Å². The SMILES string of the molecule is COC(=O)N1CCN(CCO[C]=O)CC1. The first kappa shape index (κ1) is 11.8. The van der Waals surface area contributed by atoms with Crippen LogP contribution in [0.1, 0.15) is 0 Å². The molecule has 1 rings (SSSR count). The molecule has 0 aromatic carbocycles. The minimum absolute atomic E-state index is 0.285. The number of rotatable bonds is 4. The molecule has 0 atom stereocenters. The van der Waals surface area contributed by atoms with E-state index >= 15 is 0 Å². The molecule has 0 aromatic rings. The molecule has 1 amide bonds. The molecule has 1 radical (unpaired) electrons. The van der Waals surface area contributed by atoms with Crippen molar-refractivity contribution in [3.8, 4) is 0 Å². The first-order valence-corrected chi connectivity index (χ1v) is 4.82. The Morgan fingerprint density at radius 1 is 1.33 bits per heavy atom. The van der Waals surface area contributed by atoms with Crippen LogP contribution in [0.3, 0.4) is 0 Å². The summed E-state index contributed by atoms with van der Waals surface area (Å²) in [5, 5.41) is 0. The van der Waals surface area contributed by atoms with Crippen molar-refractivity contribution in [3.05, 3.63) is 0 Å². The van der Waals surface area contributed by atoms with E-state index < -0.39 is 0 Å². The Morgan fingerprint density at radius 3 is 2.53 bits per heavy atom. The Balaban J connectivity index is 2.17. The lowest BCUT2D eigenvalue weighted by Crippen LogP contribution is -2.49. The fourth-order valence-electron chi connectivity index (χ4n) is 1.50. The fourth-order valence-corrected chi connectivity index (χ4v) is 1.50. The van der Waals surface area contributed by atoms with Crippen LogP contribution in [0.4, 0.5) is 4.79 Å². The summed E-state index contributed by atoms with van der Waals surface area (Å²) in [6.45, 7) is 5.27. The lowest BCUT2D eigenvalue weighted by atomic mass is 10.3. The van der Waals surface area contributed by atoms with Crippen LogP contribution >= 0.6 is 0 Å². The van der Waals surface area contributed by atoms with Crippen molar-refractivity contribution in [2.45, 2.75) is 0 Å². The number of carbonyl (C=O) groups excluding carboxylic acids is 2. The summed E-state index contributed by atoms with van der Waals surface area (Å²) in [6, 6.07) is 0.